The molecule has 1 heterocycles. The number of nitrogens with two attached hydrogens (primary N) is 1. The van der Waals surface area contributed by atoms with Gasteiger partial charge in [-0.2, -0.15) is 5.10 Å². The maximum absolute atomic E-state index is 12.1. The lowest BCUT2D eigenvalue weighted by molar-refractivity contribution is 0.0973. The Morgan fingerprint density at radius 1 is 1.47 bits per heavy atom. The molecule has 0 spiro atoms. The summed E-state index contributed by atoms with van der Waals surface area (Å²) in [6, 6.07) is 6.02. The first kappa shape index (κ1) is 11.5. The zero-order valence-electron chi connectivity index (χ0n) is 10.3. The second kappa shape index (κ2) is 4.61. The van der Waals surface area contributed by atoms with E-state index in [1.54, 1.807) is 0 Å². The van der Waals surface area contributed by atoms with Crippen LogP contribution in [0.5, 0.6) is 0 Å². The first-order valence-corrected chi connectivity index (χ1v) is 6.14. The zero-order valence-corrected chi connectivity index (χ0v) is 10.3. The molecule has 4 N–H and O–H groups in total. The van der Waals surface area contributed by atoms with Gasteiger partial charge in [0.2, 0.25) is 0 Å². The number of rotatable bonds is 2. The van der Waals surface area contributed by atoms with Gasteiger partial charge in [-0.05, 0) is 30.0 Å². The Morgan fingerprint density at radius 2 is 2.37 bits per heavy atom. The number of nitrogens with one attached hydrogen (secondary N) is 2. The Morgan fingerprint density at radius 3 is 3.21 bits per heavy atom. The Kier molecular flexibility index (Phi) is 2.79. The van der Waals surface area contributed by atoms with Gasteiger partial charge >= 0.3 is 0 Å². The number of aryl methyl sites for hydroxylation is 1. The van der Waals surface area contributed by atoms with E-state index in [9.17, 15) is 4.79 Å². The minimum Gasteiger partial charge on any atom is -0.350 e. The summed E-state index contributed by atoms with van der Waals surface area (Å²) in [5.41, 5.74) is 3.77. The number of H-pyrrole nitrogens is 1. The van der Waals surface area contributed by atoms with Gasteiger partial charge in [0.25, 0.3) is 5.91 Å². The van der Waals surface area contributed by atoms with Crippen LogP contribution < -0.4 is 11.2 Å². The maximum Gasteiger partial charge on any atom is 0.273 e. The lowest BCUT2D eigenvalue weighted by Crippen LogP contribution is -2.23. The third kappa shape index (κ3) is 1.89. The molecule has 1 aromatic heterocycles. The highest BCUT2D eigenvalue weighted by molar-refractivity contribution is 6.06. The molecule has 1 aromatic carbocycles. The molecule has 5 heteroatoms. The molecule has 0 radical (unpaired) electrons. The fourth-order valence-electron chi connectivity index (χ4n) is 2.53. The highest BCUT2D eigenvalue weighted by Gasteiger charge is 2.19. The molecule has 3 rings (SSSR count). The molecule has 1 aliphatic carbocycles. The number of nitrogens with zero attached hydrogens (tertiary/aromatic N) is 1. The van der Waals surface area contributed by atoms with Crippen molar-refractivity contribution in [3.63, 3.8) is 0 Å². The fourth-order valence-corrected chi connectivity index (χ4v) is 2.53. The van der Waals surface area contributed by atoms with Crippen molar-refractivity contribution in [3.8, 4) is 0 Å². The Labute approximate surface area is 110 Å². The summed E-state index contributed by atoms with van der Waals surface area (Å²) in [7, 11) is 0. The van der Waals surface area contributed by atoms with Gasteiger partial charge in [-0.15, -0.1) is 0 Å². The van der Waals surface area contributed by atoms with Crippen LogP contribution >= 0.6 is 0 Å². The zero-order chi connectivity index (χ0) is 13.2. The molecular weight excluding hydrogens is 240 g/mol. The van der Waals surface area contributed by atoms with Gasteiger partial charge in [-0.1, -0.05) is 24.3 Å². The van der Waals surface area contributed by atoms with E-state index in [1.807, 2.05) is 12.1 Å². The van der Waals surface area contributed by atoms with E-state index >= 15 is 0 Å². The molecular formula is C14H14N4O. The molecule has 1 aliphatic rings. The minimum atomic E-state index is -0.215. The number of carbonyl (C=O) groups excluding carboxylic acids is 1. The second-order valence-corrected chi connectivity index (χ2v) is 4.44. The van der Waals surface area contributed by atoms with Crippen molar-refractivity contribution >= 4 is 29.2 Å². The van der Waals surface area contributed by atoms with Gasteiger partial charge in [-0.25, -0.2) is 0 Å². The molecule has 0 bridgehead atoms. The molecule has 0 saturated carbocycles. The summed E-state index contributed by atoms with van der Waals surface area (Å²) in [6.07, 6.45) is 7.20. The number of amides is 1. The summed E-state index contributed by atoms with van der Waals surface area (Å²) >= 11 is 0. The summed E-state index contributed by atoms with van der Waals surface area (Å²) in [4.78, 5) is 15.3. The highest BCUT2D eigenvalue weighted by Crippen LogP contribution is 2.30. The van der Waals surface area contributed by atoms with Crippen LogP contribution in [0.3, 0.4) is 0 Å². The predicted octanol–water partition coefficient (Wildman–Crippen LogP) is 1.76. The monoisotopic (exact) mass is 254 g/mol. The van der Waals surface area contributed by atoms with Gasteiger partial charge in [0, 0.05) is 10.9 Å². The van der Waals surface area contributed by atoms with Crippen LogP contribution in [-0.2, 0) is 6.42 Å². The van der Waals surface area contributed by atoms with Crippen molar-refractivity contribution < 1.29 is 4.79 Å². The normalized spacial score (nSPS) is 13.9. The van der Waals surface area contributed by atoms with Crippen LogP contribution in [0.2, 0.25) is 0 Å². The van der Waals surface area contributed by atoms with Gasteiger partial charge < -0.3 is 16.1 Å². The largest absolute Gasteiger partial charge is 0.350 e. The Hall–Kier alpha value is -2.56. The number of aromatic amines is 1. The second-order valence-electron chi connectivity index (χ2n) is 4.44. The summed E-state index contributed by atoms with van der Waals surface area (Å²) < 4.78 is 0. The van der Waals surface area contributed by atoms with Crippen molar-refractivity contribution in [1.29, 1.82) is 0 Å². The van der Waals surface area contributed by atoms with Crippen LogP contribution in [0.15, 0.2) is 29.4 Å². The first-order valence-electron chi connectivity index (χ1n) is 6.14. The van der Waals surface area contributed by atoms with Crippen LogP contribution in [-0.4, -0.2) is 17.2 Å². The van der Waals surface area contributed by atoms with Crippen molar-refractivity contribution in [2.45, 2.75) is 12.8 Å². The number of carbonyl (C=O) groups is 1. The van der Waals surface area contributed by atoms with Gasteiger partial charge in [0.1, 0.15) is 12.0 Å². The molecule has 0 unspecified atom stereocenters. The van der Waals surface area contributed by atoms with E-state index in [-0.39, 0.29) is 5.91 Å². The quantitative estimate of drug-likeness (QED) is 0.330. The lowest BCUT2D eigenvalue weighted by atomic mass is 10.0. The van der Waals surface area contributed by atoms with Crippen LogP contribution in [0, 0.1) is 0 Å². The van der Waals surface area contributed by atoms with Crippen molar-refractivity contribution in [1.82, 2.24) is 10.3 Å². The van der Waals surface area contributed by atoms with E-state index in [0.29, 0.717) is 5.69 Å². The minimum absolute atomic E-state index is 0.215. The predicted molar refractivity (Wildman–Crippen MR) is 75.8 cm³/mol. The standard InChI is InChI=1S/C14H14N4O/c15-17-8-16-14(19)13-10-6-2-1-4-9-5-3-7-11(18-13)12(9)10/h1,3-5,7-8,18H,2,6,15H2,(H,16,17,19). The molecule has 1 amide bonds. The number of allylic oxidation sites excluding steroid dienone is 1. The SMILES string of the molecule is NN=CNC(=O)c1[nH]c2cccc3c2c1CCC=C3. The topological polar surface area (TPSA) is 83.3 Å². The number of hydrogen-bond acceptors (Lipinski definition) is 3. The van der Waals surface area contributed by atoms with Crippen molar-refractivity contribution in [3.05, 3.63) is 41.1 Å². The smallest absolute Gasteiger partial charge is 0.273 e. The summed E-state index contributed by atoms with van der Waals surface area (Å²) in [6.45, 7) is 0. The molecule has 19 heavy (non-hydrogen) atoms. The van der Waals surface area contributed by atoms with E-state index in [1.165, 1.54) is 6.34 Å². The fraction of sp³-hybridized carbons (Fsp3) is 0.143. The van der Waals surface area contributed by atoms with E-state index in [0.717, 1.165) is 34.9 Å². The van der Waals surface area contributed by atoms with Crippen LogP contribution in [0.25, 0.3) is 17.0 Å². The van der Waals surface area contributed by atoms with Crippen molar-refractivity contribution in [2.24, 2.45) is 10.9 Å². The number of benzene rings is 1. The van der Waals surface area contributed by atoms with Gasteiger partial charge in [0.15, 0.2) is 0 Å². The number of aromatic nitrogens is 1. The van der Waals surface area contributed by atoms with Crippen molar-refractivity contribution in [2.75, 3.05) is 0 Å². The average Bonchev–Trinajstić information content (AvgIpc) is 2.66. The van der Waals surface area contributed by atoms with E-state index < -0.39 is 0 Å². The number of hydrogen-bond donors (Lipinski definition) is 3. The first-order chi connectivity index (χ1) is 9.31. The molecule has 0 atom stereocenters. The molecule has 5 nitrogen and oxygen atoms in total. The molecule has 0 aliphatic heterocycles. The maximum atomic E-state index is 12.1. The average molecular weight is 254 g/mol. The Bertz CT molecular complexity index is 697. The third-order valence-corrected chi connectivity index (χ3v) is 3.32. The van der Waals surface area contributed by atoms with E-state index in [2.05, 4.69) is 33.6 Å². The summed E-state index contributed by atoms with van der Waals surface area (Å²) in [5, 5.41) is 6.95. The van der Waals surface area contributed by atoms with Crippen LogP contribution in [0.1, 0.15) is 28.0 Å². The highest BCUT2D eigenvalue weighted by atomic mass is 16.1. The Balaban J connectivity index is 2.17. The van der Waals surface area contributed by atoms with Gasteiger partial charge in [-0.3, -0.25) is 4.79 Å². The number of hydrazone groups is 1. The lowest BCUT2D eigenvalue weighted by Gasteiger charge is -2.01. The molecule has 2 aromatic rings. The van der Waals surface area contributed by atoms with E-state index in [4.69, 9.17) is 5.84 Å². The third-order valence-electron chi connectivity index (χ3n) is 3.32. The summed E-state index contributed by atoms with van der Waals surface area (Å²) in [5.74, 6) is 4.78. The molecule has 0 fully saturated rings. The molecule has 0 saturated heterocycles. The van der Waals surface area contributed by atoms with Gasteiger partial charge in [0.05, 0.1) is 0 Å². The van der Waals surface area contributed by atoms with Crippen LogP contribution in [0.4, 0.5) is 0 Å². The molecule has 96 valence electrons.